The summed E-state index contributed by atoms with van der Waals surface area (Å²) in [5, 5.41) is 4.61. The minimum Gasteiger partial charge on any atom is -0.335 e. The molecule has 9 nitrogen and oxygen atoms in total. The van der Waals surface area contributed by atoms with E-state index in [0.717, 1.165) is 38.7 Å². The third-order valence-corrected chi connectivity index (χ3v) is 7.77. The lowest BCUT2D eigenvalue weighted by Crippen LogP contribution is -2.46. The summed E-state index contributed by atoms with van der Waals surface area (Å²) >= 11 is 6.24. The molecule has 2 aromatic heterocycles. The molecule has 0 unspecified atom stereocenters. The fraction of sp³-hybridized carbons (Fsp3) is 0.172. The maximum atomic E-state index is 13.0. The van der Waals surface area contributed by atoms with Gasteiger partial charge in [-0.15, -0.1) is 0 Å². The summed E-state index contributed by atoms with van der Waals surface area (Å²) in [6, 6.07) is 22.5. The van der Waals surface area contributed by atoms with E-state index in [0.29, 0.717) is 10.7 Å². The molecule has 5 aromatic rings. The fourth-order valence-electron chi connectivity index (χ4n) is 5.15. The molecule has 3 aromatic carbocycles. The highest BCUT2D eigenvalue weighted by Gasteiger charge is 2.39. The van der Waals surface area contributed by atoms with E-state index >= 15 is 0 Å². The van der Waals surface area contributed by atoms with E-state index in [9.17, 15) is 19.1 Å². The van der Waals surface area contributed by atoms with E-state index in [1.165, 1.54) is 0 Å². The molecule has 5 rings (SSSR count). The van der Waals surface area contributed by atoms with Gasteiger partial charge in [-0.3, -0.25) is 14.6 Å². The van der Waals surface area contributed by atoms with Gasteiger partial charge in [0.1, 0.15) is 12.3 Å². The highest BCUT2D eigenvalue weighted by molar-refractivity contribution is 7.46. The van der Waals surface area contributed by atoms with Crippen molar-refractivity contribution in [1.29, 1.82) is 0 Å². The predicted molar refractivity (Wildman–Crippen MR) is 155 cm³/mol. The second-order valence-electron chi connectivity index (χ2n) is 9.64. The van der Waals surface area contributed by atoms with Crippen molar-refractivity contribution in [3.63, 3.8) is 0 Å². The van der Waals surface area contributed by atoms with E-state index in [-0.39, 0.29) is 5.56 Å². The third-order valence-electron chi connectivity index (χ3n) is 7.06. The number of pyridine rings is 1. The maximum absolute atomic E-state index is 13.0. The normalized spacial score (nSPS) is 13.4. The first kappa shape index (κ1) is 28.0. The summed E-state index contributed by atoms with van der Waals surface area (Å²) in [6.07, 6.45) is 3.33. The van der Waals surface area contributed by atoms with Crippen LogP contribution in [0.1, 0.15) is 22.4 Å². The first-order valence-corrected chi connectivity index (χ1v) is 14.3. The number of hydrogen-bond acceptors (Lipinski definition) is 5. The van der Waals surface area contributed by atoms with Gasteiger partial charge in [-0.2, -0.15) is 0 Å². The van der Waals surface area contributed by atoms with Crippen LogP contribution in [0.2, 0.25) is 5.02 Å². The number of phosphoric acid groups is 1. The summed E-state index contributed by atoms with van der Waals surface area (Å²) < 4.78 is 19.9. The summed E-state index contributed by atoms with van der Waals surface area (Å²) in [5.41, 5.74) is 4.28. The van der Waals surface area contributed by atoms with E-state index in [1.54, 1.807) is 42.3 Å². The van der Waals surface area contributed by atoms with Crippen LogP contribution in [-0.4, -0.2) is 30.6 Å². The molecular formula is C29H28ClN4O5P. The number of phosphoric ester groups is 1. The summed E-state index contributed by atoms with van der Waals surface area (Å²) in [7, 11) is -1.22. The summed E-state index contributed by atoms with van der Waals surface area (Å²) in [6.45, 7) is 1.52. The van der Waals surface area contributed by atoms with Crippen LogP contribution in [0.4, 0.5) is 0 Å². The lowest BCUT2D eigenvalue weighted by molar-refractivity contribution is 0.167. The molecule has 0 aliphatic heterocycles. The van der Waals surface area contributed by atoms with Gasteiger partial charge in [-0.05, 0) is 53.4 Å². The van der Waals surface area contributed by atoms with Crippen LogP contribution in [0.3, 0.4) is 0 Å². The number of nitrogens with one attached hydrogen (secondary N) is 1. The van der Waals surface area contributed by atoms with Crippen molar-refractivity contribution in [2.24, 2.45) is 14.1 Å². The average molecular weight is 579 g/mol. The molecule has 2 heterocycles. The second kappa shape index (κ2) is 10.8. The summed E-state index contributed by atoms with van der Waals surface area (Å²) in [5.74, 6) is 0. The molecule has 0 saturated carbocycles. The van der Waals surface area contributed by atoms with Gasteiger partial charge in [0, 0.05) is 30.6 Å². The Kier molecular flexibility index (Phi) is 7.54. The van der Waals surface area contributed by atoms with Crippen LogP contribution < -0.4 is 10.9 Å². The van der Waals surface area contributed by atoms with Crippen LogP contribution in [0.15, 0.2) is 90.1 Å². The Labute approximate surface area is 235 Å². The average Bonchev–Trinajstić information content (AvgIpc) is 3.34. The first-order chi connectivity index (χ1) is 19.0. The number of imidazole rings is 1. The Morgan fingerprint density at radius 2 is 1.75 bits per heavy atom. The first-order valence-electron chi connectivity index (χ1n) is 12.4. The second-order valence-corrected chi connectivity index (χ2v) is 11.3. The zero-order valence-corrected chi connectivity index (χ0v) is 23.7. The molecule has 0 spiro atoms. The van der Waals surface area contributed by atoms with Crippen molar-refractivity contribution in [3.8, 4) is 11.1 Å². The minimum atomic E-state index is -4.78. The van der Waals surface area contributed by atoms with Gasteiger partial charge >= 0.3 is 7.82 Å². The molecule has 3 N–H and O–H groups in total. The molecule has 0 fully saturated rings. The Balaban J connectivity index is 1.84. The molecule has 0 aliphatic rings. The van der Waals surface area contributed by atoms with Crippen LogP contribution >= 0.6 is 19.4 Å². The van der Waals surface area contributed by atoms with Gasteiger partial charge in [0.05, 0.1) is 23.7 Å². The molecule has 206 valence electrons. The van der Waals surface area contributed by atoms with Crippen LogP contribution in [-0.2, 0) is 28.7 Å². The van der Waals surface area contributed by atoms with Gasteiger partial charge in [-0.1, -0.05) is 59.6 Å². The number of hydrogen-bond donors (Lipinski definition) is 3. The van der Waals surface area contributed by atoms with Crippen LogP contribution in [0.25, 0.3) is 22.0 Å². The molecule has 0 saturated heterocycles. The lowest BCUT2D eigenvalue weighted by atomic mass is 9.79. The van der Waals surface area contributed by atoms with Gasteiger partial charge in [0.15, 0.2) is 0 Å². The Bertz CT molecular complexity index is 1810. The number of benzene rings is 3. The van der Waals surface area contributed by atoms with Gasteiger partial charge in [-0.25, -0.2) is 9.55 Å². The standard InChI is InChI=1S/C29H28ClN4O5P/c1-19-5-4-6-20(13-19)24-15-28(35)34(3)26-12-9-22(14-25(24)26)29(27-16-31-17-33(27)2,32-18-39-40(36,37)38)21-7-10-23(30)11-8-21/h4-17,32H,18H2,1-3H3,(H2,36,37,38)/t29-/m1/s1. The van der Waals surface area contributed by atoms with Gasteiger partial charge < -0.3 is 18.9 Å². The van der Waals surface area contributed by atoms with Gasteiger partial charge in [0.2, 0.25) is 0 Å². The number of aromatic nitrogens is 3. The number of nitrogens with zero attached hydrogens (tertiary/aromatic N) is 3. The zero-order valence-electron chi connectivity index (χ0n) is 22.1. The molecular weight excluding hydrogens is 551 g/mol. The number of halogens is 1. The molecule has 0 amide bonds. The zero-order chi connectivity index (χ0) is 28.7. The third kappa shape index (κ3) is 5.28. The molecule has 0 aliphatic carbocycles. The molecule has 0 radical (unpaired) electrons. The lowest BCUT2D eigenvalue weighted by Gasteiger charge is -2.37. The molecule has 0 bridgehead atoms. The quantitative estimate of drug-likeness (QED) is 0.178. The summed E-state index contributed by atoms with van der Waals surface area (Å²) in [4.78, 5) is 36.2. The maximum Gasteiger partial charge on any atom is 0.470 e. The van der Waals surface area contributed by atoms with Crippen molar-refractivity contribution < 1.29 is 18.9 Å². The Morgan fingerprint density at radius 1 is 1.02 bits per heavy atom. The highest BCUT2D eigenvalue weighted by Crippen LogP contribution is 2.41. The molecule has 11 heteroatoms. The Morgan fingerprint density at radius 3 is 2.40 bits per heavy atom. The number of aryl methyl sites for hydroxylation is 3. The molecule has 40 heavy (non-hydrogen) atoms. The largest absolute Gasteiger partial charge is 0.470 e. The van der Waals surface area contributed by atoms with Crippen molar-refractivity contribution in [1.82, 2.24) is 19.4 Å². The van der Waals surface area contributed by atoms with Crippen molar-refractivity contribution in [3.05, 3.63) is 123 Å². The highest BCUT2D eigenvalue weighted by atomic mass is 35.5. The van der Waals surface area contributed by atoms with Gasteiger partial charge in [0.25, 0.3) is 5.56 Å². The SMILES string of the molecule is Cc1cccc(-c2cc(=O)n(C)c3ccc([C@](NCOP(=O)(O)O)(c4ccc(Cl)cc4)c4cncn4C)cc23)c1. The van der Waals surface area contributed by atoms with Crippen molar-refractivity contribution in [2.75, 3.05) is 6.73 Å². The molecule has 1 atom stereocenters. The van der Waals surface area contributed by atoms with Crippen LogP contribution in [0.5, 0.6) is 0 Å². The van der Waals surface area contributed by atoms with E-state index in [1.807, 2.05) is 73.1 Å². The monoisotopic (exact) mass is 578 g/mol. The van der Waals surface area contributed by atoms with E-state index < -0.39 is 20.1 Å². The number of rotatable bonds is 8. The smallest absolute Gasteiger partial charge is 0.335 e. The minimum absolute atomic E-state index is 0.138. The fourth-order valence-corrected chi connectivity index (χ4v) is 5.50. The van der Waals surface area contributed by atoms with E-state index in [2.05, 4.69) is 10.3 Å². The van der Waals surface area contributed by atoms with Crippen LogP contribution in [0, 0.1) is 6.92 Å². The van der Waals surface area contributed by atoms with Crippen molar-refractivity contribution >= 4 is 30.3 Å². The van der Waals surface area contributed by atoms with Crippen molar-refractivity contribution in [2.45, 2.75) is 12.5 Å². The van der Waals surface area contributed by atoms with E-state index in [4.69, 9.17) is 16.1 Å². The predicted octanol–water partition coefficient (Wildman–Crippen LogP) is 4.85. The topological polar surface area (TPSA) is 119 Å². The Hall–Kier alpha value is -3.56. The number of fused-ring (bicyclic) bond motifs is 1.